The molecule has 2 aromatic rings. The molecule has 0 aliphatic rings. The number of nitro groups is 1. The molecule has 8 heteroatoms. The van der Waals surface area contributed by atoms with Gasteiger partial charge >= 0.3 is 0 Å². The van der Waals surface area contributed by atoms with E-state index in [1.807, 2.05) is 13.8 Å². The van der Waals surface area contributed by atoms with Crippen molar-refractivity contribution in [3.05, 3.63) is 38.3 Å². The van der Waals surface area contributed by atoms with Crippen LogP contribution in [0.3, 0.4) is 0 Å². The molecule has 1 aromatic carbocycles. The van der Waals surface area contributed by atoms with E-state index in [4.69, 9.17) is 11.6 Å². The van der Waals surface area contributed by atoms with Crippen LogP contribution in [0.5, 0.6) is 0 Å². The van der Waals surface area contributed by atoms with Crippen molar-refractivity contribution in [3.8, 4) is 10.6 Å². The summed E-state index contributed by atoms with van der Waals surface area (Å²) in [6.45, 7) is 4.88. The highest BCUT2D eigenvalue weighted by atomic mass is 35.5. The van der Waals surface area contributed by atoms with Crippen molar-refractivity contribution in [2.24, 2.45) is 0 Å². The topological polar surface area (TPSA) is 81.0 Å². The molecule has 1 unspecified atom stereocenters. The van der Waals surface area contributed by atoms with Crippen molar-refractivity contribution in [2.75, 3.05) is 6.54 Å². The van der Waals surface area contributed by atoms with Crippen LogP contribution in [-0.4, -0.2) is 21.7 Å². The molecule has 0 fully saturated rings. The maximum Gasteiger partial charge on any atom is 0.281 e. The summed E-state index contributed by atoms with van der Waals surface area (Å²) in [6.07, 6.45) is 0.868. The Bertz CT molecular complexity index is 647. The predicted molar refractivity (Wildman–Crippen MR) is 83.7 cm³/mol. The molecule has 0 bridgehead atoms. The largest absolute Gasteiger partial charge is 0.308 e. The van der Waals surface area contributed by atoms with Crippen LogP contribution < -0.4 is 5.32 Å². The average Bonchev–Trinajstić information content (AvgIpc) is 2.93. The molecule has 1 heterocycles. The SMILES string of the molecule is CCNC(CC)c1nnc(-c2c(Cl)cccc2[N+](=O)[O-])s1. The fraction of sp³-hybridized carbons (Fsp3) is 0.385. The van der Waals surface area contributed by atoms with Gasteiger partial charge in [-0.1, -0.05) is 42.9 Å². The minimum atomic E-state index is -0.454. The maximum atomic E-state index is 11.1. The van der Waals surface area contributed by atoms with Crippen LogP contribution in [-0.2, 0) is 0 Å². The molecule has 1 atom stereocenters. The highest BCUT2D eigenvalue weighted by Crippen LogP contribution is 2.38. The quantitative estimate of drug-likeness (QED) is 0.644. The summed E-state index contributed by atoms with van der Waals surface area (Å²) in [7, 11) is 0. The first-order valence-corrected chi connectivity index (χ1v) is 7.78. The van der Waals surface area contributed by atoms with E-state index in [9.17, 15) is 10.1 Å². The number of halogens is 1. The molecule has 1 N–H and O–H groups in total. The molecular formula is C13H15ClN4O2S. The molecule has 0 spiro atoms. The molecule has 6 nitrogen and oxygen atoms in total. The van der Waals surface area contributed by atoms with Gasteiger partial charge in [0, 0.05) is 6.07 Å². The lowest BCUT2D eigenvalue weighted by Gasteiger charge is -2.11. The average molecular weight is 327 g/mol. The summed E-state index contributed by atoms with van der Waals surface area (Å²) in [5, 5.41) is 24.3. The number of hydrogen-bond donors (Lipinski definition) is 1. The summed E-state index contributed by atoms with van der Waals surface area (Å²) >= 11 is 7.44. The van der Waals surface area contributed by atoms with Gasteiger partial charge < -0.3 is 5.32 Å². The zero-order valence-corrected chi connectivity index (χ0v) is 13.2. The molecule has 0 saturated heterocycles. The second kappa shape index (κ2) is 6.93. The Balaban J connectivity index is 2.45. The van der Waals surface area contributed by atoms with Crippen LogP contribution in [0.25, 0.3) is 10.6 Å². The molecule has 1 aromatic heterocycles. The zero-order chi connectivity index (χ0) is 15.4. The third-order valence-corrected chi connectivity index (χ3v) is 4.37. The van der Waals surface area contributed by atoms with Crippen LogP contribution >= 0.6 is 22.9 Å². The molecule has 0 radical (unpaired) electrons. The number of hydrogen-bond acceptors (Lipinski definition) is 6. The van der Waals surface area contributed by atoms with Crippen molar-refractivity contribution in [1.82, 2.24) is 15.5 Å². The first-order valence-electron chi connectivity index (χ1n) is 6.58. The molecule has 0 saturated carbocycles. The van der Waals surface area contributed by atoms with Crippen LogP contribution in [0, 0.1) is 10.1 Å². The fourth-order valence-corrected chi connectivity index (χ4v) is 3.39. The molecule has 21 heavy (non-hydrogen) atoms. The zero-order valence-electron chi connectivity index (χ0n) is 11.7. The molecule has 2 rings (SSSR count). The Morgan fingerprint density at radius 3 is 2.81 bits per heavy atom. The number of aromatic nitrogens is 2. The van der Waals surface area contributed by atoms with E-state index >= 15 is 0 Å². The summed E-state index contributed by atoms with van der Waals surface area (Å²) in [5.74, 6) is 0. The van der Waals surface area contributed by atoms with Crippen LogP contribution in [0.4, 0.5) is 5.69 Å². The van der Waals surface area contributed by atoms with E-state index in [2.05, 4.69) is 15.5 Å². The van der Waals surface area contributed by atoms with Gasteiger partial charge in [-0.05, 0) is 19.0 Å². The van der Waals surface area contributed by atoms with Crippen molar-refractivity contribution < 1.29 is 4.92 Å². The Morgan fingerprint density at radius 2 is 2.19 bits per heavy atom. The molecular weight excluding hydrogens is 312 g/mol. The van der Waals surface area contributed by atoms with Gasteiger partial charge in [-0.25, -0.2) is 0 Å². The normalized spacial score (nSPS) is 12.3. The van der Waals surface area contributed by atoms with Gasteiger partial charge in [-0.15, -0.1) is 10.2 Å². The van der Waals surface area contributed by atoms with Gasteiger partial charge in [-0.2, -0.15) is 0 Å². The van der Waals surface area contributed by atoms with E-state index in [1.54, 1.807) is 12.1 Å². The van der Waals surface area contributed by atoms with E-state index in [0.29, 0.717) is 15.6 Å². The van der Waals surface area contributed by atoms with E-state index < -0.39 is 4.92 Å². The van der Waals surface area contributed by atoms with Gasteiger partial charge in [0.1, 0.15) is 10.6 Å². The van der Waals surface area contributed by atoms with Crippen molar-refractivity contribution >= 4 is 28.6 Å². The molecule has 0 aliphatic heterocycles. The number of benzene rings is 1. The summed E-state index contributed by atoms with van der Waals surface area (Å²) in [6, 6.07) is 4.69. The van der Waals surface area contributed by atoms with Gasteiger partial charge in [0.25, 0.3) is 5.69 Å². The Labute approximate surface area is 131 Å². The second-order valence-corrected chi connectivity index (χ2v) is 5.77. The van der Waals surface area contributed by atoms with Crippen molar-refractivity contribution in [1.29, 1.82) is 0 Å². The molecule has 0 aliphatic carbocycles. The summed E-state index contributed by atoms with van der Waals surface area (Å²) in [4.78, 5) is 10.7. The smallest absolute Gasteiger partial charge is 0.281 e. The third-order valence-electron chi connectivity index (χ3n) is 3.00. The highest BCUT2D eigenvalue weighted by molar-refractivity contribution is 7.14. The highest BCUT2D eigenvalue weighted by Gasteiger charge is 2.23. The minimum Gasteiger partial charge on any atom is -0.308 e. The number of nitro benzene ring substituents is 1. The monoisotopic (exact) mass is 326 g/mol. The third kappa shape index (κ3) is 3.37. The summed E-state index contributed by atoms with van der Waals surface area (Å²) in [5.41, 5.74) is 0.279. The van der Waals surface area contributed by atoms with Crippen LogP contribution in [0.1, 0.15) is 31.3 Å². The van der Waals surface area contributed by atoms with E-state index in [1.165, 1.54) is 17.4 Å². The number of nitrogens with one attached hydrogen (secondary N) is 1. The van der Waals surface area contributed by atoms with Gasteiger partial charge in [0.05, 0.1) is 16.0 Å². The van der Waals surface area contributed by atoms with E-state index in [0.717, 1.165) is 18.0 Å². The Hall–Kier alpha value is -1.57. The van der Waals surface area contributed by atoms with E-state index in [-0.39, 0.29) is 11.7 Å². The van der Waals surface area contributed by atoms with Gasteiger partial charge in [0.2, 0.25) is 0 Å². The minimum absolute atomic E-state index is 0.0540. The van der Waals surface area contributed by atoms with Crippen molar-refractivity contribution in [2.45, 2.75) is 26.3 Å². The lowest BCUT2D eigenvalue weighted by Crippen LogP contribution is -2.19. The lowest BCUT2D eigenvalue weighted by atomic mass is 10.2. The van der Waals surface area contributed by atoms with Gasteiger partial charge in [0.15, 0.2) is 5.01 Å². The van der Waals surface area contributed by atoms with Crippen molar-refractivity contribution in [3.63, 3.8) is 0 Å². The lowest BCUT2D eigenvalue weighted by molar-refractivity contribution is -0.384. The summed E-state index contributed by atoms with van der Waals surface area (Å²) < 4.78 is 0. The van der Waals surface area contributed by atoms with Crippen LogP contribution in [0.2, 0.25) is 5.02 Å². The molecule has 0 amide bonds. The fourth-order valence-electron chi connectivity index (χ4n) is 2.01. The second-order valence-electron chi connectivity index (χ2n) is 4.36. The number of rotatable bonds is 6. The Kier molecular flexibility index (Phi) is 5.22. The molecule has 112 valence electrons. The van der Waals surface area contributed by atoms with Crippen LogP contribution in [0.15, 0.2) is 18.2 Å². The Morgan fingerprint density at radius 1 is 1.43 bits per heavy atom. The van der Waals surface area contributed by atoms with Gasteiger partial charge in [-0.3, -0.25) is 10.1 Å². The maximum absolute atomic E-state index is 11.1. The first kappa shape index (κ1) is 15.8. The number of nitrogens with zero attached hydrogens (tertiary/aromatic N) is 3. The standard InChI is InChI=1S/C13H15ClN4O2S/c1-3-9(15-4-2)12-16-17-13(21-12)11-8(14)6-5-7-10(11)18(19)20/h5-7,9,15H,3-4H2,1-2H3. The first-order chi connectivity index (χ1) is 10.1. The predicted octanol–water partition coefficient (Wildman–Crippen LogP) is 3.83.